The Hall–Kier alpha value is -1.04. The summed E-state index contributed by atoms with van der Waals surface area (Å²) in [5.41, 5.74) is 7.54. The molecule has 1 saturated carbocycles. The Kier molecular flexibility index (Phi) is 5.62. The van der Waals surface area contributed by atoms with Crippen molar-refractivity contribution >= 4 is 23.4 Å². The quantitative estimate of drug-likeness (QED) is 0.867. The van der Waals surface area contributed by atoms with Gasteiger partial charge in [-0.2, -0.15) is 11.8 Å². The van der Waals surface area contributed by atoms with Crippen LogP contribution in [-0.4, -0.2) is 29.9 Å². The molecule has 1 aromatic rings. The van der Waals surface area contributed by atoms with Crippen molar-refractivity contribution in [2.75, 3.05) is 18.5 Å². The highest BCUT2D eigenvalue weighted by molar-refractivity contribution is 7.99. The van der Waals surface area contributed by atoms with Gasteiger partial charge >= 0.3 is 0 Å². The van der Waals surface area contributed by atoms with Crippen LogP contribution in [0.25, 0.3) is 0 Å². The Labute approximate surface area is 142 Å². The number of thioether (sulfide) groups is 1. The number of nitrogens with two attached hydrogens (primary N) is 1. The molecule has 1 saturated heterocycles. The molecule has 126 valence electrons. The van der Waals surface area contributed by atoms with E-state index in [-0.39, 0.29) is 5.91 Å². The number of rotatable bonds is 5. The second-order valence-corrected chi connectivity index (χ2v) is 7.93. The predicted molar refractivity (Wildman–Crippen MR) is 95.6 cm³/mol. The maximum Gasteiger partial charge on any atom is 0.244 e. The number of benzene rings is 1. The third kappa shape index (κ3) is 4.49. The van der Waals surface area contributed by atoms with Gasteiger partial charge in [-0.3, -0.25) is 4.79 Å². The van der Waals surface area contributed by atoms with Gasteiger partial charge in [-0.1, -0.05) is 25.0 Å². The van der Waals surface area contributed by atoms with Crippen molar-refractivity contribution in [3.63, 3.8) is 0 Å². The topological polar surface area (TPSA) is 64.4 Å². The zero-order chi connectivity index (χ0) is 16.1. The number of carbonyl (C=O) groups is 1. The third-order valence-electron chi connectivity index (χ3n) is 4.81. The van der Waals surface area contributed by atoms with Gasteiger partial charge in [0.25, 0.3) is 0 Å². The molecule has 5 heteroatoms. The molecular formula is C18H26N2O2S. The summed E-state index contributed by atoms with van der Waals surface area (Å²) in [4.78, 5) is 12.5. The molecule has 3 N–H and O–H groups in total. The fraction of sp³-hybridized carbons (Fsp3) is 0.611. The largest absolute Gasteiger partial charge is 0.381 e. The van der Waals surface area contributed by atoms with Gasteiger partial charge in [-0.15, -0.1) is 0 Å². The lowest BCUT2D eigenvalue weighted by atomic mass is 9.90. The molecule has 4 nitrogen and oxygen atoms in total. The van der Waals surface area contributed by atoms with Crippen LogP contribution in [0, 0.1) is 0 Å². The van der Waals surface area contributed by atoms with Crippen LogP contribution in [0.1, 0.15) is 44.1 Å². The summed E-state index contributed by atoms with van der Waals surface area (Å²) in [6.45, 7) is 1.12. The lowest BCUT2D eigenvalue weighted by Gasteiger charge is -2.31. The first-order valence-electron chi connectivity index (χ1n) is 8.54. The number of anilines is 1. The van der Waals surface area contributed by atoms with Gasteiger partial charge in [-0.05, 0) is 43.4 Å². The van der Waals surface area contributed by atoms with E-state index < -0.39 is 5.54 Å². The fourth-order valence-electron chi connectivity index (χ4n) is 3.23. The summed E-state index contributed by atoms with van der Waals surface area (Å²) in [7, 11) is 0. The van der Waals surface area contributed by atoms with Gasteiger partial charge in [-0.25, -0.2) is 0 Å². The Morgan fingerprint density at radius 2 is 2.04 bits per heavy atom. The van der Waals surface area contributed by atoms with Crippen LogP contribution < -0.4 is 11.1 Å². The van der Waals surface area contributed by atoms with E-state index >= 15 is 0 Å². The van der Waals surface area contributed by atoms with Gasteiger partial charge < -0.3 is 15.8 Å². The van der Waals surface area contributed by atoms with Crippen LogP contribution in [0.5, 0.6) is 0 Å². The van der Waals surface area contributed by atoms with E-state index in [1.165, 1.54) is 31.2 Å². The molecule has 0 atom stereocenters. The maximum atomic E-state index is 12.5. The van der Waals surface area contributed by atoms with Gasteiger partial charge in [0.05, 0.1) is 0 Å². The van der Waals surface area contributed by atoms with E-state index in [4.69, 9.17) is 10.5 Å². The summed E-state index contributed by atoms with van der Waals surface area (Å²) < 4.78 is 5.30. The number of carbonyl (C=O) groups excluding carboxylic acids is 1. The zero-order valence-corrected chi connectivity index (χ0v) is 14.4. The molecule has 1 aromatic carbocycles. The van der Waals surface area contributed by atoms with Crippen LogP contribution in [0.15, 0.2) is 24.3 Å². The SMILES string of the molecule is NC1(C(=O)Nc2cccc(CSC3CCCC3)c2)CCOCC1. The van der Waals surface area contributed by atoms with E-state index in [1.807, 2.05) is 23.9 Å². The van der Waals surface area contributed by atoms with Crippen molar-refractivity contribution in [1.29, 1.82) is 0 Å². The van der Waals surface area contributed by atoms with E-state index in [2.05, 4.69) is 17.4 Å². The maximum absolute atomic E-state index is 12.5. The number of ether oxygens (including phenoxy) is 1. The van der Waals surface area contributed by atoms with Crippen molar-refractivity contribution in [2.45, 2.75) is 55.1 Å². The molecule has 1 aliphatic carbocycles. The molecule has 0 spiro atoms. The summed E-state index contributed by atoms with van der Waals surface area (Å²) in [5, 5.41) is 3.80. The highest BCUT2D eigenvalue weighted by Crippen LogP contribution is 2.32. The number of nitrogens with one attached hydrogen (secondary N) is 1. The summed E-state index contributed by atoms with van der Waals surface area (Å²) in [6, 6.07) is 8.14. The second kappa shape index (κ2) is 7.69. The Balaban J connectivity index is 1.57. The molecule has 3 rings (SSSR count). The van der Waals surface area contributed by atoms with E-state index in [0.717, 1.165) is 16.7 Å². The van der Waals surface area contributed by atoms with Crippen LogP contribution >= 0.6 is 11.8 Å². The molecule has 0 radical (unpaired) electrons. The normalized spacial score (nSPS) is 21.3. The number of hydrogen-bond acceptors (Lipinski definition) is 4. The molecular weight excluding hydrogens is 308 g/mol. The second-order valence-electron chi connectivity index (χ2n) is 6.64. The van der Waals surface area contributed by atoms with Crippen LogP contribution in [0.2, 0.25) is 0 Å². The Bertz CT molecular complexity index is 538. The van der Waals surface area contributed by atoms with Crippen molar-refractivity contribution in [1.82, 2.24) is 0 Å². The lowest BCUT2D eigenvalue weighted by Crippen LogP contribution is -2.54. The van der Waals surface area contributed by atoms with Gasteiger partial charge in [0.1, 0.15) is 5.54 Å². The standard InChI is InChI=1S/C18H26N2O2S/c19-18(8-10-22-11-9-18)17(21)20-15-5-3-4-14(12-15)13-23-16-6-1-2-7-16/h3-5,12,16H,1-2,6-11,13,19H2,(H,20,21). The Morgan fingerprint density at radius 3 is 2.78 bits per heavy atom. The average Bonchev–Trinajstić information content (AvgIpc) is 3.07. The molecule has 2 aliphatic rings. The third-order valence-corrected chi connectivity index (χ3v) is 6.25. The minimum Gasteiger partial charge on any atom is -0.381 e. The highest BCUT2D eigenvalue weighted by atomic mass is 32.2. The number of hydrogen-bond donors (Lipinski definition) is 2. The van der Waals surface area contributed by atoms with Crippen molar-refractivity contribution in [2.24, 2.45) is 5.73 Å². The summed E-state index contributed by atoms with van der Waals surface area (Å²) >= 11 is 2.04. The smallest absolute Gasteiger partial charge is 0.244 e. The van der Waals surface area contributed by atoms with Crippen LogP contribution in [0.4, 0.5) is 5.69 Å². The van der Waals surface area contributed by atoms with E-state index in [9.17, 15) is 4.79 Å². The molecule has 23 heavy (non-hydrogen) atoms. The minimum atomic E-state index is -0.799. The van der Waals surface area contributed by atoms with Crippen molar-refractivity contribution in [3.05, 3.63) is 29.8 Å². The number of amides is 1. The molecule has 0 aromatic heterocycles. The van der Waals surface area contributed by atoms with E-state index in [0.29, 0.717) is 26.1 Å². The minimum absolute atomic E-state index is 0.0959. The zero-order valence-electron chi connectivity index (χ0n) is 13.6. The summed E-state index contributed by atoms with van der Waals surface area (Å²) in [5.74, 6) is 0.914. The van der Waals surface area contributed by atoms with Gasteiger partial charge in [0, 0.05) is 29.9 Å². The predicted octanol–water partition coefficient (Wildman–Crippen LogP) is 3.31. The molecule has 1 amide bonds. The average molecular weight is 334 g/mol. The molecule has 2 fully saturated rings. The molecule has 0 bridgehead atoms. The first-order chi connectivity index (χ1) is 11.2. The fourth-order valence-corrected chi connectivity index (χ4v) is 4.50. The van der Waals surface area contributed by atoms with Crippen LogP contribution in [0.3, 0.4) is 0 Å². The first-order valence-corrected chi connectivity index (χ1v) is 9.59. The lowest BCUT2D eigenvalue weighted by molar-refractivity contribution is -0.124. The summed E-state index contributed by atoms with van der Waals surface area (Å²) in [6.07, 6.45) is 6.59. The monoisotopic (exact) mass is 334 g/mol. The van der Waals surface area contributed by atoms with Crippen molar-refractivity contribution in [3.8, 4) is 0 Å². The van der Waals surface area contributed by atoms with Crippen LogP contribution in [-0.2, 0) is 15.3 Å². The van der Waals surface area contributed by atoms with Crippen molar-refractivity contribution < 1.29 is 9.53 Å². The van der Waals surface area contributed by atoms with Gasteiger partial charge in [0.2, 0.25) is 5.91 Å². The van der Waals surface area contributed by atoms with E-state index in [1.54, 1.807) is 0 Å². The molecule has 1 heterocycles. The highest BCUT2D eigenvalue weighted by Gasteiger charge is 2.35. The molecule has 0 unspecified atom stereocenters. The van der Waals surface area contributed by atoms with Gasteiger partial charge in [0.15, 0.2) is 0 Å². The molecule has 1 aliphatic heterocycles. The Morgan fingerprint density at radius 1 is 1.30 bits per heavy atom. The first kappa shape index (κ1) is 16.8.